The van der Waals surface area contributed by atoms with E-state index in [2.05, 4.69) is 45.2 Å². The van der Waals surface area contributed by atoms with Gasteiger partial charge in [-0.05, 0) is 105 Å². The van der Waals surface area contributed by atoms with E-state index in [9.17, 15) is 4.79 Å². The predicted octanol–water partition coefficient (Wildman–Crippen LogP) is 7.69. The van der Waals surface area contributed by atoms with Crippen LogP contribution in [0.1, 0.15) is 21.5 Å². The van der Waals surface area contributed by atoms with Gasteiger partial charge in [-0.1, -0.05) is 35.3 Å². The van der Waals surface area contributed by atoms with E-state index < -0.39 is 0 Å². The standard InChI is InChI=1S/C23H16Cl2I2O3/c1-29-18-7-4-15(5-8-18)22(28)9-2-14-10-20(26)23(21(27)11-14)30-13-16-3-6-17(24)12-19(16)25/h2-12H,13H2,1H3/b9-2+. The van der Waals surface area contributed by atoms with Crippen LogP contribution >= 0.6 is 68.4 Å². The monoisotopic (exact) mass is 664 g/mol. The first kappa shape index (κ1) is 23.4. The lowest BCUT2D eigenvalue weighted by Crippen LogP contribution is -2.00. The lowest BCUT2D eigenvalue weighted by Gasteiger charge is -2.12. The Labute approximate surface area is 212 Å². The average molecular weight is 665 g/mol. The smallest absolute Gasteiger partial charge is 0.185 e. The zero-order valence-electron chi connectivity index (χ0n) is 15.8. The highest BCUT2D eigenvalue weighted by molar-refractivity contribution is 14.1. The molecule has 30 heavy (non-hydrogen) atoms. The second kappa shape index (κ2) is 10.8. The fraction of sp³-hybridized carbons (Fsp3) is 0.0870. The summed E-state index contributed by atoms with van der Waals surface area (Å²) in [7, 11) is 1.59. The highest BCUT2D eigenvalue weighted by Gasteiger charge is 2.10. The number of ether oxygens (including phenoxy) is 2. The van der Waals surface area contributed by atoms with Crippen LogP contribution < -0.4 is 9.47 Å². The Kier molecular flexibility index (Phi) is 8.44. The van der Waals surface area contributed by atoms with Gasteiger partial charge in [-0.2, -0.15) is 0 Å². The molecule has 0 saturated heterocycles. The third-order valence-corrected chi connectivity index (χ3v) is 6.40. The molecule has 0 spiro atoms. The van der Waals surface area contributed by atoms with Crippen molar-refractivity contribution in [3.05, 3.63) is 94.5 Å². The van der Waals surface area contributed by atoms with Gasteiger partial charge >= 0.3 is 0 Å². The molecule has 0 N–H and O–H groups in total. The Hall–Kier alpha value is -1.29. The average Bonchev–Trinajstić information content (AvgIpc) is 2.72. The first-order valence-electron chi connectivity index (χ1n) is 8.79. The highest BCUT2D eigenvalue weighted by atomic mass is 127. The Bertz CT molecular complexity index is 1070. The molecule has 7 heteroatoms. The number of methoxy groups -OCH3 is 1. The molecule has 0 heterocycles. The summed E-state index contributed by atoms with van der Waals surface area (Å²) in [6.07, 6.45) is 3.37. The summed E-state index contributed by atoms with van der Waals surface area (Å²) < 4.78 is 13.0. The van der Waals surface area contributed by atoms with E-state index in [1.54, 1.807) is 55.7 Å². The van der Waals surface area contributed by atoms with E-state index in [1.165, 1.54) is 0 Å². The van der Waals surface area contributed by atoms with Gasteiger partial charge in [-0.15, -0.1) is 0 Å². The molecule has 0 amide bonds. The van der Waals surface area contributed by atoms with E-state index in [4.69, 9.17) is 32.7 Å². The van der Waals surface area contributed by atoms with Crippen LogP contribution in [0.15, 0.2) is 60.7 Å². The van der Waals surface area contributed by atoms with Gasteiger partial charge in [0.1, 0.15) is 18.1 Å². The minimum absolute atomic E-state index is 0.0691. The van der Waals surface area contributed by atoms with E-state index >= 15 is 0 Å². The lowest BCUT2D eigenvalue weighted by molar-refractivity contribution is 0.104. The lowest BCUT2D eigenvalue weighted by atomic mass is 10.1. The Morgan fingerprint density at radius 1 is 1.00 bits per heavy atom. The van der Waals surface area contributed by atoms with Gasteiger partial charge in [-0.25, -0.2) is 0 Å². The molecule has 0 atom stereocenters. The van der Waals surface area contributed by atoms with Gasteiger partial charge in [0.15, 0.2) is 5.78 Å². The van der Waals surface area contributed by atoms with Crippen LogP contribution in [-0.2, 0) is 6.61 Å². The Balaban J connectivity index is 1.71. The Morgan fingerprint density at radius 3 is 2.27 bits per heavy atom. The van der Waals surface area contributed by atoms with Crippen LogP contribution in [-0.4, -0.2) is 12.9 Å². The van der Waals surface area contributed by atoms with Gasteiger partial charge in [0.2, 0.25) is 0 Å². The first-order valence-corrected chi connectivity index (χ1v) is 11.7. The van der Waals surface area contributed by atoms with E-state index in [1.807, 2.05) is 18.2 Å². The number of rotatable bonds is 7. The van der Waals surface area contributed by atoms with Crippen LogP contribution in [0.4, 0.5) is 0 Å². The molecule has 0 bridgehead atoms. The molecule has 0 aromatic heterocycles. The third kappa shape index (κ3) is 6.12. The van der Waals surface area contributed by atoms with E-state index in [0.29, 0.717) is 22.2 Å². The van der Waals surface area contributed by atoms with Crippen LogP contribution in [0, 0.1) is 7.14 Å². The van der Waals surface area contributed by atoms with E-state index in [0.717, 1.165) is 29.8 Å². The quantitative estimate of drug-likeness (QED) is 0.148. The number of ketones is 1. The zero-order chi connectivity index (χ0) is 21.7. The van der Waals surface area contributed by atoms with E-state index in [-0.39, 0.29) is 5.78 Å². The molecule has 3 rings (SSSR count). The van der Waals surface area contributed by atoms with Crippen LogP contribution in [0.3, 0.4) is 0 Å². The van der Waals surface area contributed by atoms with Gasteiger partial charge in [0.25, 0.3) is 0 Å². The number of benzene rings is 3. The minimum atomic E-state index is -0.0691. The maximum absolute atomic E-state index is 12.4. The minimum Gasteiger partial charge on any atom is -0.497 e. The van der Waals surface area contributed by atoms with Gasteiger partial charge < -0.3 is 9.47 Å². The van der Waals surface area contributed by atoms with Crippen molar-refractivity contribution in [3.63, 3.8) is 0 Å². The summed E-state index contributed by atoms with van der Waals surface area (Å²) in [6, 6.07) is 16.3. The summed E-state index contributed by atoms with van der Waals surface area (Å²) in [5, 5.41) is 1.16. The van der Waals surface area contributed by atoms with Gasteiger partial charge in [-0.3, -0.25) is 4.79 Å². The molecular weight excluding hydrogens is 649 g/mol. The van der Waals surface area contributed by atoms with Crippen molar-refractivity contribution < 1.29 is 14.3 Å². The van der Waals surface area contributed by atoms with Crippen molar-refractivity contribution in [1.82, 2.24) is 0 Å². The molecule has 0 aliphatic rings. The molecule has 154 valence electrons. The first-order chi connectivity index (χ1) is 14.4. The fourth-order valence-corrected chi connectivity index (χ4v) is 5.22. The van der Waals surface area contributed by atoms with Crippen molar-refractivity contribution in [3.8, 4) is 11.5 Å². The maximum Gasteiger partial charge on any atom is 0.185 e. The molecule has 3 aromatic carbocycles. The topological polar surface area (TPSA) is 35.5 Å². The van der Waals surface area contributed by atoms with Crippen molar-refractivity contribution in [1.29, 1.82) is 0 Å². The molecule has 0 fully saturated rings. The molecule has 0 saturated carbocycles. The zero-order valence-corrected chi connectivity index (χ0v) is 21.6. The van der Waals surface area contributed by atoms with Crippen LogP contribution in [0.5, 0.6) is 11.5 Å². The number of halogens is 4. The molecule has 0 unspecified atom stereocenters. The second-order valence-electron chi connectivity index (χ2n) is 6.26. The van der Waals surface area contributed by atoms with Crippen molar-refractivity contribution in [2.24, 2.45) is 0 Å². The Morgan fingerprint density at radius 2 is 1.67 bits per heavy atom. The highest BCUT2D eigenvalue weighted by Crippen LogP contribution is 2.31. The number of allylic oxidation sites excluding steroid dienone is 1. The molecule has 3 nitrogen and oxygen atoms in total. The number of carbonyl (C=O) groups excluding carboxylic acids is 1. The van der Waals surface area contributed by atoms with Crippen molar-refractivity contribution >= 4 is 80.2 Å². The summed E-state index contributed by atoms with van der Waals surface area (Å²) >= 11 is 16.6. The maximum atomic E-state index is 12.4. The molecule has 3 aromatic rings. The normalized spacial score (nSPS) is 11.0. The van der Waals surface area contributed by atoms with Crippen LogP contribution in [0.25, 0.3) is 6.08 Å². The molecular formula is C23H16Cl2I2O3. The van der Waals surface area contributed by atoms with Crippen LogP contribution in [0.2, 0.25) is 10.0 Å². The molecule has 0 radical (unpaired) electrons. The summed E-state index contributed by atoms with van der Waals surface area (Å²) in [5.41, 5.74) is 2.39. The van der Waals surface area contributed by atoms with Crippen molar-refractivity contribution in [2.75, 3.05) is 7.11 Å². The number of hydrogen-bond donors (Lipinski definition) is 0. The van der Waals surface area contributed by atoms with Gasteiger partial charge in [0, 0.05) is 21.2 Å². The summed E-state index contributed by atoms with van der Waals surface area (Å²) in [6.45, 7) is 0.340. The predicted molar refractivity (Wildman–Crippen MR) is 139 cm³/mol. The van der Waals surface area contributed by atoms with Gasteiger partial charge in [0.05, 0.1) is 14.3 Å². The SMILES string of the molecule is COc1ccc(C(=O)/C=C/c2cc(I)c(OCc3ccc(Cl)cc3Cl)c(I)c2)cc1. The molecule has 0 aliphatic carbocycles. The summed E-state index contributed by atoms with van der Waals surface area (Å²) in [5.74, 6) is 1.43. The fourth-order valence-electron chi connectivity index (χ4n) is 2.63. The van der Waals surface area contributed by atoms with Crippen molar-refractivity contribution in [2.45, 2.75) is 6.61 Å². The number of carbonyl (C=O) groups is 1. The molecule has 0 aliphatic heterocycles. The number of hydrogen-bond acceptors (Lipinski definition) is 3. The second-order valence-corrected chi connectivity index (χ2v) is 9.43. The summed E-state index contributed by atoms with van der Waals surface area (Å²) in [4.78, 5) is 12.4. The third-order valence-electron chi connectivity index (χ3n) is 4.21. The largest absolute Gasteiger partial charge is 0.497 e.